The molecular formula is C12H15NO3. The molecule has 1 aromatic rings. The van der Waals surface area contributed by atoms with Crippen molar-refractivity contribution in [2.24, 2.45) is 0 Å². The molecule has 1 aliphatic heterocycles. The maximum atomic E-state index is 10.7. The largest absolute Gasteiger partial charge is 0.486 e. The van der Waals surface area contributed by atoms with Crippen LogP contribution in [-0.4, -0.2) is 25.7 Å². The molecule has 0 atom stereocenters. The summed E-state index contributed by atoms with van der Waals surface area (Å²) >= 11 is 0. The lowest BCUT2D eigenvalue weighted by atomic mass is 10.1. The van der Waals surface area contributed by atoms with Crippen molar-refractivity contribution < 1.29 is 14.3 Å². The van der Waals surface area contributed by atoms with E-state index in [2.05, 4.69) is 5.32 Å². The number of hydrogen-bond donors (Lipinski definition) is 1. The highest BCUT2D eigenvalue weighted by Crippen LogP contribution is 2.30. The van der Waals surface area contributed by atoms with Crippen LogP contribution >= 0.6 is 0 Å². The highest BCUT2D eigenvalue weighted by Gasteiger charge is 2.11. The molecule has 0 fully saturated rings. The quantitative estimate of drug-likeness (QED) is 0.832. The van der Waals surface area contributed by atoms with Crippen LogP contribution in [0.4, 0.5) is 0 Å². The zero-order valence-electron chi connectivity index (χ0n) is 9.29. The molecule has 4 heteroatoms. The van der Waals surface area contributed by atoms with E-state index in [4.69, 9.17) is 9.47 Å². The van der Waals surface area contributed by atoms with E-state index in [9.17, 15) is 4.79 Å². The SMILES string of the molecule is CC(=O)NCCc1ccc2c(c1)OCCO2. The standard InChI is InChI=1S/C12H15NO3/c1-9(14)13-5-4-10-2-3-11-12(8-10)16-7-6-15-11/h2-3,8H,4-7H2,1H3,(H,13,14). The van der Waals surface area contributed by atoms with Gasteiger partial charge in [-0.1, -0.05) is 6.07 Å². The third kappa shape index (κ3) is 2.66. The van der Waals surface area contributed by atoms with Gasteiger partial charge in [0.05, 0.1) is 0 Å². The fourth-order valence-corrected chi connectivity index (χ4v) is 1.63. The molecule has 1 heterocycles. The number of benzene rings is 1. The van der Waals surface area contributed by atoms with Gasteiger partial charge in [-0.3, -0.25) is 4.79 Å². The highest BCUT2D eigenvalue weighted by molar-refractivity contribution is 5.72. The molecule has 0 saturated carbocycles. The summed E-state index contributed by atoms with van der Waals surface area (Å²) in [5.74, 6) is 1.60. The number of hydrogen-bond acceptors (Lipinski definition) is 3. The molecule has 0 aliphatic carbocycles. The molecule has 1 N–H and O–H groups in total. The number of amides is 1. The fraction of sp³-hybridized carbons (Fsp3) is 0.417. The molecule has 1 amide bonds. The van der Waals surface area contributed by atoms with Crippen molar-refractivity contribution in [3.8, 4) is 11.5 Å². The summed E-state index contributed by atoms with van der Waals surface area (Å²) in [7, 11) is 0. The molecule has 0 saturated heterocycles. The Balaban J connectivity index is 1.97. The average Bonchev–Trinajstić information content (AvgIpc) is 2.28. The van der Waals surface area contributed by atoms with Gasteiger partial charge in [0.2, 0.25) is 5.91 Å². The minimum atomic E-state index is -0.00227. The van der Waals surface area contributed by atoms with E-state index in [0.29, 0.717) is 19.8 Å². The lowest BCUT2D eigenvalue weighted by molar-refractivity contribution is -0.118. The Hall–Kier alpha value is -1.71. The smallest absolute Gasteiger partial charge is 0.216 e. The van der Waals surface area contributed by atoms with Gasteiger partial charge in [-0.15, -0.1) is 0 Å². The molecule has 1 aromatic carbocycles. The molecule has 0 spiro atoms. The van der Waals surface area contributed by atoms with Crippen molar-refractivity contribution in [3.05, 3.63) is 23.8 Å². The maximum Gasteiger partial charge on any atom is 0.216 e. The van der Waals surface area contributed by atoms with E-state index in [1.54, 1.807) is 0 Å². The Bertz CT molecular complexity index is 390. The second-order valence-electron chi connectivity index (χ2n) is 3.71. The summed E-state index contributed by atoms with van der Waals surface area (Å²) in [5.41, 5.74) is 1.14. The Morgan fingerprint density at radius 1 is 1.31 bits per heavy atom. The number of nitrogens with one attached hydrogen (secondary N) is 1. The second-order valence-corrected chi connectivity index (χ2v) is 3.71. The first-order chi connectivity index (χ1) is 7.75. The molecule has 16 heavy (non-hydrogen) atoms. The van der Waals surface area contributed by atoms with Crippen LogP contribution in [0.2, 0.25) is 0 Å². The van der Waals surface area contributed by atoms with Gasteiger partial charge in [0.1, 0.15) is 13.2 Å². The van der Waals surface area contributed by atoms with Crippen molar-refractivity contribution in [3.63, 3.8) is 0 Å². The van der Waals surface area contributed by atoms with Gasteiger partial charge in [0.15, 0.2) is 11.5 Å². The molecular weight excluding hydrogens is 206 g/mol. The van der Waals surface area contributed by atoms with Crippen LogP contribution < -0.4 is 14.8 Å². The van der Waals surface area contributed by atoms with Gasteiger partial charge in [-0.2, -0.15) is 0 Å². The highest BCUT2D eigenvalue weighted by atomic mass is 16.6. The predicted octanol–water partition coefficient (Wildman–Crippen LogP) is 1.14. The first kappa shape index (κ1) is 10.8. The number of fused-ring (bicyclic) bond motifs is 1. The van der Waals surface area contributed by atoms with Crippen molar-refractivity contribution in [2.45, 2.75) is 13.3 Å². The van der Waals surface area contributed by atoms with E-state index in [-0.39, 0.29) is 5.91 Å². The van der Waals surface area contributed by atoms with Crippen molar-refractivity contribution >= 4 is 5.91 Å². The summed E-state index contributed by atoms with van der Waals surface area (Å²) in [6.45, 7) is 3.37. The minimum absolute atomic E-state index is 0.00227. The third-order valence-corrected chi connectivity index (χ3v) is 2.39. The predicted molar refractivity (Wildman–Crippen MR) is 59.8 cm³/mol. The summed E-state index contributed by atoms with van der Waals surface area (Å²) in [6, 6.07) is 5.88. The lowest BCUT2D eigenvalue weighted by Crippen LogP contribution is -2.22. The normalized spacial score (nSPS) is 13.3. The lowest BCUT2D eigenvalue weighted by Gasteiger charge is -2.18. The van der Waals surface area contributed by atoms with Crippen LogP contribution in [0.3, 0.4) is 0 Å². The zero-order chi connectivity index (χ0) is 11.4. The topological polar surface area (TPSA) is 47.6 Å². The van der Waals surface area contributed by atoms with Crippen LogP contribution in [-0.2, 0) is 11.2 Å². The van der Waals surface area contributed by atoms with Crippen molar-refractivity contribution in [2.75, 3.05) is 19.8 Å². The summed E-state index contributed by atoms with van der Waals surface area (Å²) in [4.78, 5) is 10.7. The third-order valence-electron chi connectivity index (χ3n) is 2.39. The Labute approximate surface area is 94.6 Å². The van der Waals surface area contributed by atoms with E-state index in [0.717, 1.165) is 23.5 Å². The zero-order valence-corrected chi connectivity index (χ0v) is 9.29. The van der Waals surface area contributed by atoms with Crippen LogP contribution in [0.5, 0.6) is 11.5 Å². The first-order valence-electron chi connectivity index (χ1n) is 5.38. The monoisotopic (exact) mass is 221 g/mol. The van der Waals surface area contributed by atoms with Crippen LogP contribution in [0, 0.1) is 0 Å². The Kier molecular flexibility index (Phi) is 3.29. The molecule has 2 rings (SSSR count). The van der Waals surface area contributed by atoms with Crippen LogP contribution in [0.15, 0.2) is 18.2 Å². The van der Waals surface area contributed by atoms with Gasteiger partial charge in [0.25, 0.3) is 0 Å². The molecule has 86 valence electrons. The van der Waals surface area contributed by atoms with Gasteiger partial charge < -0.3 is 14.8 Å². The molecule has 0 aromatic heterocycles. The van der Waals surface area contributed by atoms with Crippen molar-refractivity contribution in [1.82, 2.24) is 5.32 Å². The molecule has 4 nitrogen and oxygen atoms in total. The Morgan fingerprint density at radius 2 is 2.06 bits per heavy atom. The van der Waals surface area contributed by atoms with Gasteiger partial charge in [-0.25, -0.2) is 0 Å². The maximum absolute atomic E-state index is 10.7. The van der Waals surface area contributed by atoms with Crippen molar-refractivity contribution in [1.29, 1.82) is 0 Å². The van der Waals surface area contributed by atoms with E-state index in [1.807, 2.05) is 18.2 Å². The van der Waals surface area contributed by atoms with Crippen LogP contribution in [0.1, 0.15) is 12.5 Å². The molecule has 0 bridgehead atoms. The van der Waals surface area contributed by atoms with Gasteiger partial charge in [-0.05, 0) is 24.1 Å². The average molecular weight is 221 g/mol. The van der Waals surface area contributed by atoms with E-state index >= 15 is 0 Å². The van der Waals surface area contributed by atoms with Gasteiger partial charge in [0, 0.05) is 13.5 Å². The summed E-state index contributed by atoms with van der Waals surface area (Å²) in [6.07, 6.45) is 0.802. The second kappa shape index (κ2) is 4.88. The molecule has 0 unspecified atom stereocenters. The first-order valence-corrected chi connectivity index (χ1v) is 5.38. The molecule has 1 aliphatic rings. The minimum Gasteiger partial charge on any atom is -0.486 e. The van der Waals surface area contributed by atoms with Gasteiger partial charge >= 0.3 is 0 Å². The number of carbonyl (C=O) groups is 1. The summed E-state index contributed by atoms with van der Waals surface area (Å²) < 4.78 is 10.9. The number of rotatable bonds is 3. The number of carbonyl (C=O) groups excluding carboxylic acids is 1. The molecule has 0 radical (unpaired) electrons. The Morgan fingerprint density at radius 3 is 2.81 bits per heavy atom. The number of ether oxygens (including phenoxy) is 2. The van der Waals surface area contributed by atoms with E-state index in [1.165, 1.54) is 6.92 Å². The van der Waals surface area contributed by atoms with E-state index < -0.39 is 0 Å². The summed E-state index contributed by atoms with van der Waals surface area (Å²) in [5, 5.41) is 2.76. The fourth-order valence-electron chi connectivity index (χ4n) is 1.63. The van der Waals surface area contributed by atoms with Crippen LogP contribution in [0.25, 0.3) is 0 Å².